The average Bonchev–Trinajstić information content (AvgIpc) is 3.51. The van der Waals surface area contributed by atoms with Gasteiger partial charge in [0.05, 0.1) is 5.52 Å². The molecule has 34 heavy (non-hydrogen) atoms. The molecule has 2 aromatic carbocycles. The molecule has 9 nitrogen and oxygen atoms in total. The number of hydrogen-bond acceptors (Lipinski definition) is 6. The molecule has 0 saturated carbocycles. The number of hydrogen-bond donors (Lipinski definition) is 1. The van der Waals surface area contributed by atoms with E-state index in [4.69, 9.17) is 4.74 Å². The Labute approximate surface area is 191 Å². The molecule has 2 aliphatic heterocycles. The molecule has 1 aromatic heterocycles. The molecule has 0 radical (unpaired) electrons. The van der Waals surface area contributed by atoms with Gasteiger partial charge in [-0.15, -0.1) is 18.3 Å². The van der Waals surface area contributed by atoms with Crippen molar-refractivity contribution < 1.29 is 32.2 Å². The van der Waals surface area contributed by atoms with Gasteiger partial charge >= 0.3 is 6.36 Å². The van der Waals surface area contributed by atoms with Gasteiger partial charge in [0.15, 0.2) is 6.61 Å². The molecule has 2 amide bonds. The van der Waals surface area contributed by atoms with Crippen LogP contribution in [0.25, 0.3) is 11.0 Å². The van der Waals surface area contributed by atoms with Gasteiger partial charge in [-0.3, -0.25) is 14.7 Å². The third kappa shape index (κ3) is 4.61. The van der Waals surface area contributed by atoms with Crippen LogP contribution in [-0.4, -0.2) is 76.2 Å². The van der Waals surface area contributed by atoms with Crippen LogP contribution in [-0.2, 0) is 4.79 Å². The van der Waals surface area contributed by atoms with Crippen molar-refractivity contribution >= 4 is 22.8 Å². The Morgan fingerprint density at radius 3 is 2.29 bits per heavy atom. The molecule has 3 heterocycles. The van der Waals surface area contributed by atoms with Gasteiger partial charge in [-0.25, -0.2) is 0 Å². The number of alkyl halides is 3. The van der Waals surface area contributed by atoms with Crippen molar-refractivity contribution in [2.45, 2.75) is 6.36 Å². The number of carbonyl (C=O) groups is 2. The van der Waals surface area contributed by atoms with Gasteiger partial charge in [-0.1, -0.05) is 5.21 Å². The summed E-state index contributed by atoms with van der Waals surface area (Å²) in [6, 6.07) is 10.1. The van der Waals surface area contributed by atoms with E-state index in [1.807, 2.05) is 0 Å². The number of nitrogens with zero attached hydrogens (tertiary/aromatic N) is 4. The molecule has 178 valence electrons. The fourth-order valence-electron chi connectivity index (χ4n) is 4.49. The van der Waals surface area contributed by atoms with Gasteiger partial charge < -0.3 is 19.3 Å². The minimum Gasteiger partial charge on any atom is -0.484 e. The summed E-state index contributed by atoms with van der Waals surface area (Å²) in [6.07, 6.45) is -4.77. The van der Waals surface area contributed by atoms with Gasteiger partial charge in [-0.2, -0.15) is 0 Å². The van der Waals surface area contributed by atoms with E-state index in [2.05, 4.69) is 20.1 Å². The van der Waals surface area contributed by atoms with Crippen LogP contribution in [0, 0.1) is 11.8 Å². The van der Waals surface area contributed by atoms with Crippen molar-refractivity contribution in [1.29, 1.82) is 0 Å². The lowest BCUT2D eigenvalue weighted by Gasteiger charge is -2.22. The smallest absolute Gasteiger partial charge is 0.484 e. The molecule has 2 saturated heterocycles. The van der Waals surface area contributed by atoms with Crippen molar-refractivity contribution in [3.63, 3.8) is 0 Å². The first-order chi connectivity index (χ1) is 16.2. The first-order valence-electron chi connectivity index (χ1n) is 10.6. The van der Waals surface area contributed by atoms with Crippen molar-refractivity contribution in [3.8, 4) is 11.5 Å². The molecule has 2 fully saturated rings. The van der Waals surface area contributed by atoms with E-state index in [0.29, 0.717) is 37.3 Å². The number of H-pyrrole nitrogens is 1. The lowest BCUT2D eigenvalue weighted by molar-refractivity contribution is -0.274. The number of halogens is 3. The van der Waals surface area contributed by atoms with Crippen LogP contribution >= 0.6 is 0 Å². The molecule has 3 aromatic rings. The maximum Gasteiger partial charge on any atom is 0.573 e. The second kappa shape index (κ2) is 8.50. The number of likely N-dealkylation sites (tertiary alicyclic amines) is 2. The normalized spacial score (nSPS) is 20.0. The third-order valence-corrected chi connectivity index (χ3v) is 6.12. The monoisotopic (exact) mass is 475 g/mol. The third-order valence-electron chi connectivity index (χ3n) is 6.12. The molecular weight excluding hydrogens is 455 g/mol. The Hall–Kier alpha value is -3.83. The lowest BCUT2D eigenvalue weighted by Crippen LogP contribution is -2.37. The van der Waals surface area contributed by atoms with Crippen LogP contribution in [0.5, 0.6) is 11.5 Å². The fraction of sp³-hybridized carbons (Fsp3) is 0.364. The number of ether oxygens (including phenoxy) is 2. The van der Waals surface area contributed by atoms with Crippen LogP contribution in [0.3, 0.4) is 0 Å². The van der Waals surface area contributed by atoms with E-state index < -0.39 is 6.36 Å². The molecule has 0 aliphatic carbocycles. The van der Waals surface area contributed by atoms with Crippen LogP contribution in [0.15, 0.2) is 42.5 Å². The maximum absolute atomic E-state index is 12.9. The number of rotatable bonds is 5. The van der Waals surface area contributed by atoms with E-state index in [1.54, 1.807) is 28.0 Å². The Morgan fingerprint density at radius 1 is 0.971 bits per heavy atom. The second-order valence-electron chi connectivity index (χ2n) is 8.38. The topological polar surface area (TPSA) is 101 Å². The van der Waals surface area contributed by atoms with Gasteiger partial charge in [0.2, 0.25) is 0 Å². The summed E-state index contributed by atoms with van der Waals surface area (Å²) in [5.74, 6) is -0.00971. The van der Waals surface area contributed by atoms with Gasteiger partial charge in [0, 0.05) is 43.6 Å². The largest absolute Gasteiger partial charge is 0.573 e. The molecule has 0 spiro atoms. The zero-order valence-electron chi connectivity index (χ0n) is 17.8. The number of fused-ring (bicyclic) bond motifs is 2. The number of benzene rings is 2. The lowest BCUT2D eigenvalue weighted by atomic mass is 10.0. The summed E-state index contributed by atoms with van der Waals surface area (Å²) in [5, 5.41) is 10.4. The van der Waals surface area contributed by atoms with Crippen molar-refractivity contribution in [2.75, 3.05) is 32.8 Å². The summed E-state index contributed by atoms with van der Waals surface area (Å²) >= 11 is 0. The Kier molecular flexibility index (Phi) is 5.50. The van der Waals surface area contributed by atoms with E-state index in [-0.39, 0.29) is 41.8 Å². The highest BCUT2D eigenvalue weighted by atomic mass is 19.4. The van der Waals surface area contributed by atoms with Crippen molar-refractivity contribution in [3.05, 3.63) is 48.0 Å². The number of aromatic nitrogens is 3. The van der Waals surface area contributed by atoms with Crippen molar-refractivity contribution in [1.82, 2.24) is 25.2 Å². The van der Waals surface area contributed by atoms with Crippen molar-refractivity contribution in [2.24, 2.45) is 11.8 Å². The highest BCUT2D eigenvalue weighted by Gasteiger charge is 2.43. The Bertz CT molecular complexity index is 1200. The molecule has 12 heteroatoms. The summed E-state index contributed by atoms with van der Waals surface area (Å²) in [6.45, 7) is 1.95. The quantitative estimate of drug-likeness (QED) is 0.609. The summed E-state index contributed by atoms with van der Waals surface area (Å²) in [7, 11) is 0. The van der Waals surface area contributed by atoms with E-state index in [1.165, 1.54) is 12.1 Å². The molecule has 2 atom stereocenters. The average molecular weight is 475 g/mol. The van der Waals surface area contributed by atoms with Gasteiger partial charge in [-0.05, 0) is 42.5 Å². The molecule has 2 aliphatic rings. The maximum atomic E-state index is 12.9. The zero-order valence-corrected chi connectivity index (χ0v) is 17.8. The number of aromatic amines is 1. The van der Waals surface area contributed by atoms with E-state index in [0.717, 1.165) is 17.6 Å². The first kappa shape index (κ1) is 22.0. The van der Waals surface area contributed by atoms with E-state index >= 15 is 0 Å². The SMILES string of the molecule is O=C(COc1ccc(OC(F)(F)F)cc1)N1C[C@H]2CN(C(=O)c3ccc4[nH]nnc4c3)C[C@@H]2C1. The highest BCUT2D eigenvalue weighted by molar-refractivity contribution is 5.97. The Morgan fingerprint density at radius 2 is 1.62 bits per heavy atom. The number of amides is 2. The molecule has 5 rings (SSSR count). The van der Waals surface area contributed by atoms with Crippen LogP contribution in [0.4, 0.5) is 13.2 Å². The van der Waals surface area contributed by atoms with Crippen LogP contribution in [0.1, 0.15) is 10.4 Å². The first-order valence-corrected chi connectivity index (χ1v) is 10.6. The predicted molar refractivity (Wildman–Crippen MR) is 112 cm³/mol. The number of carbonyl (C=O) groups excluding carboxylic acids is 2. The van der Waals surface area contributed by atoms with Gasteiger partial charge in [0.25, 0.3) is 11.8 Å². The second-order valence-corrected chi connectivity index (χ2v) is 8.38. The van der Waals surface area contributed by atoms with Crippen LogP contribution < -0.4 is 9.47 Å². The summed E-state index contributed by atoms with van der Waals surface area (Å²) < 4.78 is 45.9. The standard InChI is InChI=1S/C22H20F3N5O4/c23-22(24,25)34-17-4-2-16(3-5-17)33-12-20(31)29-8-14-10-30(11-15(14)9-29)21(32)13-1-6-18-19(7-13)27-28-26-18/h1-7,14-15H,8-12H2,(H,26,27,28)/t14-,15-/m0/s1. The minimum atomic E-state index is -4.77. The molecular formula is C22H20F3N5O4. The van der Waals surface area contributed by atoms with Gasteiger partial charge in [0.1, 0.15) is 17.0 Å². The molecule has 0 bridgehead atoms. The Balaban J connectivity index is 1.11. The highest BCUT2D eigenvalue weighted by Crippen LogP contribution is 2.32. The fourth-order valence-corrected chi connectivity index (χ4v) is 4.49. The minimum absolute atomic E-state index is 0.0709. The van der Waals surface area contributed by atoms with Crippen LogP contribution in [0.2, 0.25) is 0 Å². The molecule has 1 N–H and O–H groups in total. The summed E-state index contributed by atoms with van der Waals surface area (Å²) in [4.78, 5) is 29.0. The number of nitrogens with one attached hydrogen (secondary N) is 1. The molecule has 0 unspecified atom stereocenters. The van der Waals surface area contributed by atoms with E-state index in [9.17, 15) is 22.8 Å². The zero-order chi connectivity index (χ0) is 23.9. The summed E-state index contributed by atoms with van der Waals surface area (Å²) in [5.41, 5.74) is 1.94. The predicted octanol–water partition coefficient (Wildman–Crippen LogP) is 2.47.